The molecule has 2 unspecified atom stereocenters. The molecule has 57 heavy (non-hydrogen) atoms. The van der Waals surface area contributed by atoms with E-state index in [-0.39, 0.29) is 0 Å². The van der Waals surface area contributed by atoms with Crippen LogP contribution in [0.25, 0.3) is 0 Å². The number of rotatable bonds is 14. The number of aromatic nitrogens is 6. The zero-order chi connectivity index (χ0) is 41.6. The highest BCUT2D eigenvalue weighted by molar-refractivity contribution is 8.07. The summed E-state index contributed by atoms with van der Waals surface area (Å²) in [7, 11) is 0. The van der Waals surface area contributed by atoms with Crippen molar-refractivity contribution in [2.24, 2.45) is 0 Å². The number of nitrogens with zero attached hydrogens (tertiary/aromatic N) is 3. The van der Waals surface area contributed by atoms with Gasteiger partial charge in [0.2, 0.25) is 0 Å². The van der Waals surface area contributed by atoms with Gasteiger partial charge in [0, 0.05) is 36.8 Å². The minimum atomic E-state index is -4.55. The molecule has 0 radical (unpaired) electrons. The maximum atomic E-state index is 12.6. The minimum absolute atomic E-state index is 0.738. The molecule has 3 aromatic rings. The first kappa shape index (κ1) is 43.4. The van der Waals surface area contributed by atoms with Gasteiger partial charge in [-0.15, -0.1) is 0 Å². The van der Waals surface area contributed by atoms with E-state index in [2.05, 4.69) is 0 Å². The predicted octanol–water partition coefficient (Wildman–Crippen LogP) is -6.00. The Bertz CT molecular complexity index is 2400. The summed E-state index contributed by atoms with van der Waals surface area (Å²) >= 11 is 10.2. The fraction of sp³-hybridized carbons (Fsp3) is 0.556. The lowest BCUT2D eigenvalue weighted by Gasteiger charge is -2.28. The maximum Gasteiger partial charge on any atom is 0.330 e. The first-order chi connectivity index (χ1) is 26.8. The second-order valence-corrected chi connectivity index (χ2v) is 18.1. The number of nitrogens with one attached hydrogen (secondary N) is 3. The van der Waals surface area contributed by atoms with E-state index in [4.69, 9.17) is 55.9 Å². The lowest BCUT2D eigenvalue weighted by Crippen LogP contribution is -2.39. The van der Waals surface area contributed by atoms with Crippen LogP contribution in [0.15, 0.2) is 65.6 Å². The molecule has 26 nitrogen and oxygen atoms in total. The molecule has 0 aliphatic carbocycles. The number of H-pyrrole nitrogens is 3. The summed E-state index contributed by atoms with van der Waals surface area (Å²) < 4.78 is 40.9. The Kier molecular flexibility index (Phi) is 13.1. The van der Waals surface area contributed by atoms with Gasteiger partial charge < -0.3 is 58.6 Å². The summed E-state index contributed by atoms with van der Waals surface area (Å²) in [5.41, 5.74) is -5.28. The summed E-state index contributed by atoms with van der Waals surface area (Å²) in [4.78, 5) is 99.8. The van der Waals surface area contributed by atoms with Crippen LogP contribution in [0.5, 0.6) is 0 Å². The van der Waals surface area contributed by atoms with Crippen molar-refractivity contribution in [2.45, 2.75) is 73.6 Å². The van der Waals surface area contributed by atoms with Gasteiger partial charge in [0.05, 0.1) is 19.8 Å². The standard InChI is InChI=1S/C27H34N6O20P2S2/c34-7-10-20(18(40)23(49-10)32-5-2-14(36)29-26(32)43)52-55(46,57)48-9-12-21(19(41)24(51-12)33-6-3-15(37)30-27(33)44)53-54(45,56)47-8-11-16(38)17(39)22(50-11)31-4-1-13(35)28-25(31)42/h1-6,10-12,16-24,34,38-41H,7-9H2,(H,45,56)(H,46,57)(H,28,35,42)(H,29,36,43)(H,30,37,44)/t10-,11-,12-,16-,17-,18-,19-,20-,21-,22-,23-,24-,54?,55?/m1/s1. The smallest absolute Gasteiger partial charge is 0.330 e. The van der Waals surface area contributed by atoms with E-state index in [1.165, 1.54) is 0 Å². The number of aromatic amines is 3. The molecule has 14 atom stereocenters. The van der Waals surface area contributed by atoms with Crippen LogP contribution in [-0.4, -0.2) is 139 Å². The van der Waals surface area contributed by atoms with Crippen molar-refractivity contribution in [2.75, 3.05) is 19.8 Å². The molecule has 3 fully saturated rings. The molecule has 3 saturated heterocycles. The Labute approximate surface area is 325 Å². The van der Waals surface area contributed by atoms with Crippen LogP contribution >= 0.6 is 13.4 Å². The normalized spacial score (nSPS) is 33.6. The average molecular weight is 889 g/mol. The molecule has 6 heterocycles. The quantitative estimate of drug-likeness (QED) is 0.0674. The van der Waals surface area contributed by atoms with E-state index in [9.17, 15) is 64.1 Å². The predicted molar refractivity (Wildman–Crippen MR) is 191 cm³/mol. The Morgan fingerprint density at radius 1 is 0.579 bits per heavy atom. The number of aliphatic hydroxyl groups excluding tert-OH is 5. The van der Waals surface area contributed by atoms with Gasteiger partial charge in [0.25, 0.3) is 16.7 Å². The SMILES string of the molecule is O=c1ccn([C@@H]2O[C@H](COP(O)(=S)O[C@H]3[C@@H](O)[C@H](n4ccc(=O)[nH]c4=O)O[C@@H]3COP(O)(=S)O[C@H]3[C@@H](O)[C@H](n4ccc(=O)[nH]c4=O)O[C@@H]3CO)[C@@H](O)[C@H]2O)c(=O)[nH]1. The van der Waals surface area contributed by atoms with Gasteiger partial charge >= 0.3 is 30.5 Å². The molecule has 0 saturated carbocycles. The van der Waals surface area contributed by atoms with Gasteiger partial charge in [-0.05, 0) is 23.6 Å². The van der Waals surface area contributed by atoms with Gasteiger partial charge in [-0.25, -0.2) is 14.4 Å². The van der Waals surface area contributed by atoms with Gasteiger partial charge in [0.1, 0.15) is 54.9 Å². The highest BCUT2D eigenvalue weighted by Crippen LogP contribution is 2.52. The van der Waals surface area contributed by atoms with E-state index in [0.29, 0.717) is 0 Å². The third-order valence-electron chi connectivity index (χ3n) is 8.83. The summed E-state index contributed by atoms with van der Waals surface area (Å²) in [6, 6.07) is 2.85. The van der Waals surface area contributed by atoms with Crippen molar-refractivity contribution < 1.29 is 67.6 Å². The zero-order valence-electron chi connectivity index (χ0n) is 28.5. The molecule has 3 aromatic heterocycles. The topological polar surface area (TPSA) is 371 Å². The molecular formula is C27H34N6O20P2S2. The van der Waals surface area contributed by atoms with Crippen molar-refractivity contribution in [1.29, 1.82) is 0 Å². The van der Waals surface area contributed by atoms with Crippen molar-refractivity contribution in [3.8, 4) is 0 Å². The lowest BCUT2D eigenvalue weighted by atomic mass is 10.1. The fourth-order valence-electron chi connectivity index (χ4n) is 6.12. The summed E-state index contributed by atoms with van der Waals surface area (Å²) in [5.74, 6) is 0. The van der Waals surface area contributed by atoms with Gasteiger partial charge in [-0.2, -0.15) is 0 Å². The molecule has 314 valence electrons. The van der Waals surface area contributed by atoms with Crippen LogP contribution in [0.3, 0.4) is 0 Å². The van der Waals surface area contributed by atoms with E-state index < -0.39 is 141 Å². The van der Waals surface area contributed by atoms with Crippen LogP contribution in [0.2, 0.25) is 0 Å². The Hall–Kier alpha value is -3.22. The van der Waals surface area contributed by atoms with Crippen LogP contribution in [0, 0.1) is 0 Å². The largest absolute Gasteiger partial charge is 0.394 e. The molecule has 0 amide bonds. The molecule has 30 heteroatoms. The monoisotopic (exact) mass is 888 g/mol. The van der Waals surface area contributed by atoms with E-state index in [1.54, 1.807) is 0 Å². The number of ether oxygens (including phenoxy) is 3. The highest BCUT2D eigenvalue weighted by atomic mass is 32.5. The van der Waals surface area contributed by atoms with Crippen molar-refractivity contribution in [3.05, 3.63) is 99.3 Å². The molecule has 3 aliphatic rings. The molecular weight excluding hydrogens is 854 g/mol. The first-order valence-electron chi connectivity index (χ1n) is 16.3. The zero-order valence-corrected chi connectivity index (χ0v) is 31.9. The number of hydrogen-bond donors (Lipinski definition) is 10. The maximum absolute atomic E-state index is 12.6. The molecule has 0 spiro atoms. The molecule has 3 aliphatic heterocycles. The number of hydrogen-bond acceptors (Lipinski definition) is 20. The first-order valence-corrected chi connectivity index (χ1v) is 21.5. The third-order valence-corrected chi connectivity index (χ3v) is 11.9. The van der Waals surface area contributed by atoms with E-state index >= 15 is 0 Å². The highest BCUT2D eigenvalue weighted by Gasteiger charge is 2.51. The van der Waals surface area contributed by atoms with Crippen molar-refractivity contribution in [3.63, 3.8) is 0 Å². The minimum Gasteiger partial charge on any atom is -0.394 e. The lowest BCUT2D eigenvalue weighted by molar-refractivity contribution is -0.0597. The van der Waals surface area contributed by atoms with Crippen LogP contribution in [-0.2, 0) is 55.9 Å². The van der Waals surface area contributed by atoms with E-state index in [1.807, 2.05) is 15.0 Å². The van der Waals surface area contributed by atoms with Gasteiger partial charge in [-0.1, -0.05) is 0 Å². The molecule has 6 rings (SSSR count). The summed E-state index contributed by atoms with van der Waals surface area (Å²) in [6.45, 7) is -11.5. The summed E-state index contributed by atoms with van der Waals surface area (Å²) in [5, 5.41) is 53.2. The Morgan fingerprint density at radius 2 is 0.930 bits per heavy atom. The van der Waals surface area contributed by atoms with Crippen LogP contribution < -0.4 is 33.7 Å². The average Bonchev–Trinajstić information content (AvgIpc) is 3.71. The van der Waals surface area contributed by atoms with Crippen LogP contribution in [0.4, 0.5) is 0 Å². The van der Waals surface area contributed by atoms with Gasteiger partial charge in [0.15, 0.2) is 18.7 Å². The second kappa shape index (κ2) is 17.2. The van der Waals surface area contributed by atoms with E-state index in [0.717, 1.165) is 50.5 Å². The van der Waals surface area contributed by atoms with Crippen molar-refractivity contribution >= 4 is 37.1 Å². The summed E-state index contributed by atoms with van der Waals surface area (Å²) in [6.07, 6.45) is -16.7. The second-order valence-electron chi connectivity index (χ2n) is 12.6. The molecule has 0 bridgehead atoms. The van der Waals surface area contributed by atoms with Crippen molar-refractivity contribution in [1.82, 2.24) is 28.7 Å². The molecule has 0 aromatic carbocycles. The number of aliphatic hydroxyl groups is 5. The third kappa shape index (κ3) is 9.49. The Balaban J connectivity index is 1.16. The van der Waals surface area contributed by atoms with Gasteiger partial charge in [-0.3, -0.25) is 52.1 Å². The van der Waals surface area contributed by atoms with Crippen LogP contribution in [0.1, 0.15) is 18.7 Å². The fourth-order valence-corrected chi connectivity index (χ4v) is 9.01. The molecule has 10 N–H and O–H groups in total. The Morgan fingerprint density at radius 3 is 1.33 bits per heavy atom.